The molecule has 5 heteroatoms. The minimum Gasteiger partial charge on any atom is -0.370 e. The summed E-state index contributed by atoms with van der Waals surface area (Å²) in [6, 6.07) is 12.6. The molecule has 5 nitrogen and oxygen atoms in total. The zero-order valence-electron chi connectivity index (χ0n) is 13.6. The van der Waals surface area contributed by atoms with E-state index in [1.54, 1.807) is 6.33 Å². The molecular weight excluding hydrogens is 286 g/mol. The van der Waals surface area contributed by atoms with Crippen LogP contribution in [0.4, 0.5) is 11.5 Å². The van der Waals surface area contributed by atoms with Gasteiger partial charge in [0.15, 0.2) is 0 Å². The van der Waals surface area contributed by atoms with Gasteiger partial charge in [0.2, 0.25) is 0 Å². The van der Waals surface area contributed by atoms with E-state index in [1.807, 2.05) is 37.3 Å². The maximum absolute atomic E-state index is 9.26. The zero-order valence-corrected chi connectivity index (χ0v) is 13.6. The Balaban J connectivity index is 1.68. The number of anilines is 2. The summed E-state index contributed by atoms with van der Waals surface area (Å²) >= 11 is 0. The predicted octanol–water partition coefficient (Wildman–Crippen LogP) is 2.76. The number of para-hydroxylation sites is 1. The third-order valence-electron chi connectivity index (χ3n) is 4.53. The standard InChI is InChI=1S/C18H21N5/c1-14-11-18(21-13-20-14)22(2)16-7-9-23(10-8-16)17-6-4-3-5-15(17)12-19/h3-6,11,13,16H,7-10H2,1-2H3. The Morgan fingerprint density at radius 1 is 1.22 bits per heavy atom. The Labute approximate surface area is 137 Å². The SMILES string of the molecule is Cc1cc(N(C)C2CCN(c3ccccc3C#N)CC2)ncn1. The molecule has 3 rings (SSSR count). The number of benzene rings is 1. The minimum absolute atomic E-state index is 0.467. The Morgan fingerprint density at radius 3 is 2.65 bits per heavy atom. The van der Waals surface area contributed by atoms with Crippen molar-refractivity contribution in [1.82, 2.24) is 9.97 Å². The number of piperidine rings is 1. The van der Waals surface area contributed by atoms with Gasteiger partial charge in [-0.25, -0.2) is 9.97 Å². The van der Waals surface area contributed by atoms with E-state index in [2.05, 4.69) is 32.9 Å². The first kappa shape index (κ1) is 15.3. The molecular formula is C18H21N5. The molecule has 1 fully saturated rings. The van der Waals surface area contributed by atoms with Gasteiger partial charge in [-0.2, -0.15) is 5.26 Å². The molecule has 1 aromatic heterocycles. The molecule has 1 aliphatic heterocycles. The van der Waals surface area contributed by atoms with Crippen molar-refractivity contribution in [1.29, 1.82) is 5.26 Å². The Kier molecular flexibility index (Phi) is 4.42. The van der Waals surface area contributed by atoms with Gasteiger partial charge in [-0.1, -0.05) is 12.1 Å². The average Bonchev–Trinajstić information content (AvgIpc) is 2.61. The highest BCUT2D eigenvalue weighted by Gasteiger charge is 2.24. The van der Waals surface area contributed by atoms with Crippen molar-refractivity contribution in [3.63, 3.8) is 0 Å². The Bertz CT molecular complexity index is 713. The van der Waals surface area contributed by atoms with E-state index < -0.39 is 0 Å². The van der Waals surface area contributed by atoms with Crippen molar-refractivity contribution in [2.45, 2.75) is 25.8 Å². The summed E-state index contributed by atoms with van der Waals surface area (Å²) in [4.78, 5) is 13.1. The summed E-state index contributed by atoms with van der Waals surface area (Å²) in [7, 11) is 2.10. The van der Waals surface area contributed by atoms with Crippen LogP contribution < -0.4 is 9.80 Å². The van der Waals surface area contributed by atoms with E-state index in [9.17, 15) is 5.26 Å². The van der Waals surface area contributed by atoms with Gasteiger partial charge in [-0.15, -0.1) is 0 Å². The molecule has 0 radical (unpaired) electrons. The summed E-state index contributed by atoms with van der Waals surface area (Å²) in [5, 5.41) is 9.26. The summed E-state index contributed by atoms with van der Waals surface area (Å²) in [5.41, 5.74) is 2.79. The molecule has 0 aliphatic carbocycles. The monoisotopic (exact) mass is 307 g/mol. The van der Waals surface area contributed by atoms with Crippen LogP contribution in [-0.2, 0) is 0 Å². The lowest BCUT2D eigenvalue weighted by molar-refractivity contribution is 0.480. The van der Waals surface area contributed by atoms with Crippen molar-refractivity contribution >= 4 is 11.5 Å². The zero-order chi connectivity index (χ0) is 16.2. The predicted molar refractivity (Wildman–Crippen MR) is 91.6 cm³/mol. The second-order valence-corrected chi connectivity index (χ2v) is 5.98. The van der Waals surface area contributed by atoms with E-state index in [0.717, 1.165) is 48.7 Å². The molecule has 0 N–H and O–H groups in total. The highest BCUT2D eigenvalue weighted by Crippen LogP contribution is 2.26. The molecule has 0 atom stereocenters. The van der Waals surface area contributed by atoms with Gasteiger partial charge in [-0.05, 0) is 31.9 Å². The van der Waals surface area contributed by atoms with Gasteiger partial charge in [0.25, 0.3) is 0 Å². The second-order valence-electron chi connectivity index (χ2n) is 5.98. The van der Waals surface area contributed by atoms with Gasteiger partial charge in [0.05, 0.1) is 11.3 Å². The maximum Gasteiger partial charge on any atom is 0.132 e. The topological polar surface area (TPSA) is 56.0 Å². The van der Waals surface area contributed by atoms with Gasteiger partial charge in [0, 0.05) is 37.9 Å². The van der Waals surface area contributed by atoms with Crippen molar-refractivity contribution in [2.24, 2.45) is 0 Å². The van der Waals surface area contributed by atoms with Crippen LogP contribution in [0.15, 0.2) is 36.7 Å². The van der Waals surface area contributed by atoms with Crippen LogP contribution in [0, 0.1) is 18.3 Å². The normalized spacial score (nSPS) is 15.3. The molecule has 2 aromatic rings. The van der Waals surface area contributed by atoms with Crippen molar-refractivity contribution in [3.8, 4) is 6.07 Å². The van der Waals surface area contributed by atoms with Gasteiger partial charge < -0.3 is 9.80 Å². The van der Waals surface area contributed by atoms with Crippen LogP contribution in [0.2, 0.25) is 0 Å². The fourth-order valence-corrected chi connectivity index (χ4v) is 3.16. The number of nitrogens with zero attached hydrogens (tertiary/aromatic N) is 5. The van der Waals surface area contributed by atoms with Gasteiger partial charge in [0.1, 0.15) is 18.2 Å². The third-order valence-corrected chi connectivity index (χ3v) is 4.53. The lowest BCUT2D eigenvalue weighted by Gasteiger charge is -2.38. The lowest BCUT2D eigenvalue weighted by atomic mass is 10.0. The fraction of sp³-hybridized carbons (Fsp3) is 0.389. The number of aromatic nitrogens is 2. The van der Waals surface area contributed by atoms with Crippen LogP contribution >= 0.6 is 0 Å². The highest BCUT2D eigenvalue weighted by atomic mass is 15.2. The van der Waals surface area contributed by atoms with Crippen molar-refractivity contribution in [2.75, 3.05) is 29.9 Å². The summed E-state index contributed by atoms with van der Waals surface area (Å²) in [6.07, 6.45) is 3.73. The molecule has 0 bridgehead atoms. The molecule has 0 unspecified atom stereocenters. The van der Waals surface area contributed by atoms with Crippen LogP contribution in [0.25, 0.3) is 0 Å². The molecule has 0 amide bonds. The van der Waals surface area contributed by atoms with E-state index in [4.69, 9.17) is 0 Å². The number of hydrogen-bond donors (Lipinski definition) is 0. The molecule has 23 heavy (non-hydrogen) atoms. The van der Waals surface area contributed by atoms with Gasteiger partial charge >= 0.3 is 0 Å². The highest BCUT2D eigenvalue weighted by molar-refractivity contribution is 5.59. The van der Waals surface area contributed by atoms with Crippen LogP contribution in [0.1, 0.15) is 24.1 Å². The molecule has 2 heterocycles. The summed E-state index contributed by atoms with van der Waals surface area (Å²) in [6.45, 7) is 3.90. The fourth-order valence-electron chi connectivity index (χ4n) is 3.16. The second kappa shape index (κ2) is 6.66. The molecule has 1 aromatic carbocycles. The van der Waals surface area contributed by atoms with Crippen molar-refractivity contribution < 1.29 is 0 Å². The number of nitriles is 1. The molecule has 0 spiro atoms. The number of hydrogen-bond acceptors (Lipinski definition) is 5. The molecule has 0 saturated carbocycles. The number of rotatable bonds is 3. The Hall–Kier alpha value is -2.61. The average molecular weight is 307 g/mol. The first-order chi connectivity index (χ1) is 11.2. The van der Waals surface area contributed by atoms with Crippen LogP contribution in [-0.4, -0.2) is 36.1 Å². The summed E-state index contributed by atoms with van der Waals surface area (Å²) < 4.78 is 0. The summed E-state index contributed by atoms with van der Waals surface area (Å²) in [5.74, 6) is 0.980. The maximum atomic E-state index is 9.26. The van der Waals surface area contributed by atoms with Crippen LogP contribution in [0.5, 0.6) is 0 Å². The van der Waals surface area contributed by atoms with Crippen molar-refractivity contribution in [3.05, 3.63) is 47.9 Å². The quantitative estimate of drug-likeness (QED) is 0.872. The molecule has 118 valence electrons. The lowest BCUT2D eigenvalue weighted by Crippen LogP contribution is -2.44. The van der Waals surface area contributed by atoms with Crippen LogP contribution in [0.3, 0.4) is 0 Å². The first-order valence-electron chi connectivity index (χ1n) is 7.94. The molecule has 1 aliphatic rings. The van der Waals surface area contributed by atoms with E-state index >= 15 is 0 Å². The van der Waals surface area contributed by atoms with E-state index in [0.29, 0.717) is 6.04 Å². The number of aryl methyl sites for hydroxylation is 1. The minimum atomic E-state index is 0.467. The largest absolute Gasteiger partial charge is 0.370 e. The first-order valence-corrected chi connectivity index (χ1v) is 7.94. The third kappa shape index (κ3) is 3.26. The molecule has 1 saturated heterocycles. The smallest absolute Gasteiger partial charge is 0.132 e. The Morgan fingerprint density at radius 2 is 1.96 bits per heavy atom. The van der Waals surface area contributed by atoms with E-state index in [1.165, 1.54) is 0 Å². The van der Waals surface area contributed by atoms with Gasteiger partial charge in [-0.3, -0.25) is 0 Å². The van der Waals surface area contributed by atoms with E-state index in [-0.39, 0.29) is 0 Å².